The number of H-pyrrole nitrogens is 1. The molecule has 0 amide bonds. The Labute approximate surface area is 152 Å². The molecule has 0 saturated heterocycles. The van der Waals surface area contributed by atoms with Gasteiger partial charge in [0.15, 0.2) is 5.89 Å². The molecule has 0 bridgehead atoms. The number of aromatic nitrogens is 6. The molecule has 3 heterocycles. The molecule has 7 nitrogen and oxygen atoms in total. The van der Waals surface area contributed by atoms with Crippen LogP contribution in [-0.4, -0.2) is 30.6 Å². The van der Waals surface area contributed by atoms with Crippen molar-refractivity contribution in [3.8, 4) is 22.6 Å². The summed E-state index contributed by atoms with van der Waals surface area (Å²) in [5.41, 5.74) is 6.05. The molecule has 0 aromatic carbocycles. The van der Waals surface area contributed by atoms with Crippen molar-refractivity contribution < 1.29 is 4.42 Å². The molecule has 0 fully saturated rings. The molecule has 0 aliphatic heterocycles. The van der Waals surface area contributed by atoms with E-state index in [2.05, 4.69) is 46.4 Å². The molecule has 26 heavy (non-hydrogen) atoms. The predicted octanol–water partition coefficient (Wildman–Crippen LogP) is 3.79. The summed E-state index contributed by atoms with van der Waals surface area (Å²) in [7, 11) is 0. The normalized spacial score (nSPS) is 14.9. The Bertz CT molecular complexity index is 920. The summed E-state index contributed by atoms with van der Waals surface area (Å²) in [6.07, 6.45) is 7.25. The maximum atomic E-state index is 5.54. The minimum atomic E-state index is -0.162. The third kappa shape index (κ3) is 2.91. The molecule has 3 aromatic heterocycles. The van der Waals surface area contributed by atoms with Gasteiger partial charge in [-0.05, 0) is 36.5 Å². The Hall–Kier alpha value is -2.57. The number of nitrogens with one attached hydrogen (secondary N) is 1. The second-order valence-electron chi connectivity index (χ2n) is 7.93. The smallest absolute Gasteiger partial charge is 0.207 e. The lowest BCUT2D eigenvalue weighted by molar-refractivity contribution is 0.521. The molecule has 0 saturated carbocycles. The first kappa shape index (κ1) is 16.9. The average molecular weight is 352 g/mol. The van der Waals surface area contributed by atoms with E-state index in [0.29, 0.717) is 11.7 Å². The lowest BCUT2D eigenvalue weighted by atomic mass is 9.83. The highest BCUT2D eigenvalue weighted by atomic mass is 16.3. The minimum Gasteiger partial charge on any atom is -0.449 e. The van der Waals surface area contributed by atoms with Gasteiger partial charge < -0.3 is 4.42 Å². The van der Waals surface area contributed by atoms with E-state index in [4.69, 9.17) is 9.40 Å². The second kappa shape index (κ2) is 6.30. The number of rotatable bonds is 2. The Morgan fingerprint density at radius 1 is 1.04 bits per heavy atom. The molecule has 0 spiro atoms. The summed E-state index contributed by atoms with van der Waals surface area (Å²) in [5.74, 6) is 1.21. The van der Waals surface area contributed by atoms with Crippen LogP contribution in [0.1, 0.15) is 62.9 Å². The average Bonchev–Trinajstić information content (AvgIpc) is 3.19. The summed E-state index contributed by atoms with van der Waals surface area (Å²) in [6.45, 7) is 8.36. The number of aromatic amines is 1. The highest BCUT2D eigenvalue weighted by Gasteiger charge is 2.31. The van der Waals surface area contributed by atoms with Crippen LogP contribution >= 0.6 is 0 Å². The van der Waals surface area contributed by atoms with Crippen molar-refractivity contribution in [2.75, 3.05) is 0 Å². The SMILES string of the molecule is Cc1nc(-c2c3c(nc(C(C)(C)C)c2-c2nn[nH]n2)CCCCC3)co1. The first-order valence-electron chi connectivity index (χ1n) is 9.17. The van der Waals surface area contributed by atoms with E-state index < -0.39 is 0 Å². The van der Waals surface area contributed by atoms with Gasteiger partial charge >= 0.3 is 0 Å². The zero-order valence-corrected chi connectivity index (χ0v) is 15.8. The van der Waals surface area contributed by atoms with Crippen LogP contribution in [0.5, 0.6) is 0 Å². The molecule has 1 aliphatic rings. The third-order valence-electron chi connectivity index (χ3n) is 4.88. The zero-order chi connectivity index (χ0) is 18.3. The van der Waals surface area contributed by atoms with Gasteiger partial charge in [0.2, 0.25) is 5.82 Å². The molecule has 136 valence electrons. The van der Waals surface area contributed by atoms with Gasteiger partial charge in [-0.2, -0.15) is 5.21 Å². The molecule has 0 unspecified atom stereocenters. The van der Waals surface area contributed by atoms with Crippen molar-refractivity contribution in [1.29, 1.82) is 0 Å². The Morgan fingerprint density at radius 2 is 1.85 bits per heavy atom. The lowest BCUT2D eigenvalue weighted by Gasteiger charge is -2.25. The quantitative estimate of drug-likeness (QED) is 0.705. The van der Waals surface area contributed by atoms with Gasteiger partial charge in [-0.1, -0.05) is 27.2 Å². The molecule has 3 aromatic rings. The van der Waals surface area contributed by atoms with E-state index in [1.807, 2.05) is 6.92 Å². The fraction of sp³-hybridized carbons (Fsp3) is 0.526. The number of tetrazole rings is 1. The van der Waals surface area contributed by atoms with Crippen LogP contribution in [0.4, 0.5) is 0 Å². The highest BCUT2D eigenvalue weighted by molar-refractivity contribution is 5.83. The van der Waals surface area contributed by atoms with Crippen molar-refractivity contribution in [3.05, 3.63) is 29.1 Å². The van der Waals surface area contributed by atoms with Crippen molar-refractivity contribution in [2.45, 2.75) is 65.2 Å². The molecule has 7 heteroatoms. The van der Waals surface area contributed by atoms with Crippen LogP contribution in [0.2, 0.25) is 0 Å². The van der Waals surface area contributed by atoms with Gasteiger partial charge in [0, 0.05) is 23.6 Å². The Morgan fingerprint density at radius 3 is 2.50 bits per heavy atom. The van der Waals surface area contributed by atoms with Crippen LogP contribution in [0, 0.1) is 6.92 Å². The highest BCUT2D eigenvalue weighted by Crippen LogP contribution is 2.42. The number of hydrogen-bond donors (Lipinski definition) is 1. The van der Waals surface area contributed by atoms with E-state index in [1.54, 1.807) is 6.26 Å². The van der Waals surface area contributed by atoms with Crippen LogP contribution in [0.3, 0.4) is 0 Å². The minimum absolute atomic E-state index is 0.162. The number of aryl methyl sites for hydroxylation is 2. The number of hydrogen-bond acceptors (Lipinski definition) is 6. The van der Waals surface area contributed by atoms with Crippen LogP contribution in [0.15, 0.2) is 10.7 Å². The van der Waals surface area contributed by atoms with Crippen molar-refractivity contribution >= 4 is 0 Å². The number of fused-ring (bicyclic) bond motifs is 1. The van der Waals surface area contributed by atoms with Crippen molar-refractivity contribution in [2.24, 2.45) is 0 Å². The van der Waals surface area contributed by atoms with Gasteiger partial charge in [0.25, 0.3) is 0 Å². The topological polar surface area (TPSA) is 93.4 Å². The number of nitrogens with zero attached hydrogens (tertiary/aromatic N) is 5. The standard InChI is InChI=1S/C19H24N6O/c1-11-20-14(10-26-11)15-12-8-6-5-7-9-13(12)21-17(19(2,3)4)16(15)18-22-24-25-23-18/h10H,5-9H2,1-4H3,(H,22,23,24,25). The first-order valence-corrected chi connectivity index (χ1v) is 9.17. The molecule has 1 N–H and O–H groups in total. The van der Waals surface area contributed by atoms with E-state index in [9.17, 15) is 0 Å². The Balaban J connectivity index is 2.11. The summed E-state index contributed by atoms with van der Waals surface area (Å²) in [5, 5.41) is 14.9. The maximum Gasteiger partial charge on any atom is 0.207 e. The van der Waals surface area contributed by atoms with Gasteiger partial charge in [-0.25, -0.2) is 4.98 Å². The van der Waals surface area contributed by atoms with E-state index in [-0.39, 0.29) is 5.41 Å². The third-order valence-corrected chi connectivity index (χ3v) is 4.88. The van der Waals surface area contributed by atoms with Gasteiger partial charge in [-0.15, -0.1) is 10.2 Å². The van der Waals surface area contributed by atoms with Gasteiger partial charge in [-0.3, -0.25) is 4.98 Å². The van der Waals surface area contributed by atoms with Crippen LogP contribution in [0.25, 0.3) is 22.6 Å². The molecule has 1 aliphatic carbocycles. The summed E-state index contributed by atoms with van der Waals surface area (Å²) in [4.78, 5) is 9.75. The monoisotopic (exact) mass is 352 g/mol. The van der Waals surface area contributed by atoms with Crippen LogP contribution in [-0.2, 0) is 18.3 Å². The fourth-order valence-electron chi connectivity index (χ4n) is 3.71. The second-order valence-corrected chi connectivity index (χ2v) is 7.93. The molecule has 4 rings (SSSR count). The summed E-state index contributed by atoms with van der Waals surface area (Å²) < 4.78 is 5.54. The summed E-state index contributed by atoms with van der Waals surface area (Å²) >= 11 is 0. The fourth-order valence-corrected chi connectivity index (χ4v) is 3.71. The molecular formula is C19H24N6O. The zero-order valence-electron chi connectivity index (χ0n) is 15.8. The largest absolute Gasteiger partial charge is 0.449 e. The Kier molecular flexibility index (Phi) is 4.09. The first-order chi connectivity index (χ1) is 12.4. The van der Waals surface area contributed by atoms with Crippen LogP contribution < -0.4 is 0 Å². The van der Waals surface area contributed by atoms with Crippen molar-refractivity contribution in [3.63, 3.8) is 0 Å². The molecule has 0 atom stereocenters. The van der Waals surface area contributed by atoms with Gasteiger partial charge in [0.1, 0.15) is 12.0 Å². The van der Waals surface area contributed by atoms with E-state index >= 15 is 0 Å². The predicted molar refractivity (Wildman–Crippen MR) is 97.6 cm³/mol. The van der Waals surface area contributed by atoms with E-state index in [0.717, 1.165) is 41.8 Å². The van der Waals surface area contributed by atoms with Crippen molar-refractivity contribution in [1.82, 2.24) is 30.6 Å². The lowest BCUT2D eigenvalue weighted by Crippen LogP contribution is -2.19. The number of pyridine rings is 1. The maximum absolute atomic E-state index is 5.54. The molecule has 0 radical (unpaired) electrons. The number of oxazole rings is 1. The molecular weight excluding hydrogens is 328 g/mol. The summed E-state index contributed by atoms with van der Waals surface area (Å²) in [6, 6.07) is 0. The van der Waals surface area contributed by atoms with Gasteiger partial charge in [0.05, 0.1) is 11.3 Å². The van der Waals surface area contributed by atoms with E-state index in [1.165, 1.54) is 24.1 Å².